The van der Waals surface area contributed by atoms with E-state index in [0.717, 1.165) is 24.5 Å². The minimum Gasteiger partial charge on any atom is -0.370 e. The number of rotatable bonds is 4. The lowest BCUT2D eigenvalue weighted by Crippen LogP contribution is -2.06. The zero-order valence-electron chi connectivity index (χ0n) is 8.70. The number of aryl methyl sites for hydroxylation is 1. The van der Waals surface area contributed by atoms with E-state index in [4.69, 9.17) is 0 Å². The van der Waals surface area contributed by atoms with Crippen LogP contribution in [0, 0.1) is 6.92 Å². The van der Waals surface area contributed by atoms with Crippen molar-refractivity contribution < 1.29 is 0 Å². The van der Waals surface area contributed by atoms with Gasteiger partial charge in [-0.25, -0.2) is 9.97 Å². The smallest absolute Gasteiger partial charge is 0.125 e. The highest BCUT2D eigenvalue weighted by Gasteiger charge is 1.95. The molecule has 2 aromatic heterocycles. The van der Waals surface area contributed by atoms with Crippen molar-refractivity contribution >= 4 is 5.82 Å². The van der Waals surface area contributed by atoms with Crippen LogP contribution in [0.4, 0.5) is 5.82 Å². The Labute approximate surface area is 88.8 Å². The Balaban J connectivity index is 1.81. The van der Waals surface area contributed by atoms with Gasteiger partial charge in [-0.15, -0.1) is 0 Å². The molecule has 2 rings (SSSR count). The Bertz CT molecular complexity index is 391. The molecule has 0 amide bonds. The van der Waals surface area contributed by atoms with Crippen molar-refractivity contribution in [2.75, 3.05) is 11.9 Å². The van der Waals surface area contributed by atoms with E-state index in [9.17, 15) is 0 Å². The lowest BCUT2D eigenvalue weighted by Gasteiger charge is -2.04. The van der Waals surface area contributed by atoms with Gasteiger partial charge < -0.3 is 10.3 Å². The molecule has 0 bridgehead atoms. The van der Waals surface area contributed by atoms with Gasteiger partial charge in [0.2, 0.25) is 0 Å². The maximum absolute atomic E-state index is 4.26. The summed E-state index contributed by atoms with van der Waals surface area (Å²) in [4.78, 5) is 11.3. The zero-order chi connectivity index (χ0) is 10.5. The zero-order valence-corrected chi connectivity index (χ0v) is 8.70. The number of H-pyrrole nitrogens is 1. The van der Waals surface area contributed by atoms with E-state index in [1.807, 2.05) is 31.5 Å². The second-order valence-corrected chi connectivity index (χ2v) is 3.47. The Morgan fingerprint density at radius 1 is 1.33 bits per heavy atom. The molecule has 0 aromatic carbocycles. The lowest BCUT2D eigenvalue weighted by atomic mass is 10.3. The van der Waals surface area contributed by atoms with E-state index in [1.165, 1.54) is 5.56 Å². The summed E-state index contributed by atoms with van der Waals surface area (Å²) in [5.74, 6) is 0.917. The first-order chi connectivity index (χ1) is 7.34. The van der Waals surface area contributed by atoms with Crippen LogP contribution in [0.2, 0.25) is 0 Å². The van der Waals surface area contributed by atoms with Gasteiger partial charge in [0.05, 0.1) is 6.33 Å². The maximum Gasteiger partial charge on any atom is 0.125 e. The van der Waals surface area contributed by atoms with Crippen LogP contribution in [-0.2, 0) is 6.42 Å². The maximum atomic E-state index is 4.26. The van der Waals surface area contributed by atoms with E-state index in [2.05, 4.69) is 20.3 Å². The Morgan fingerprint density at radius 2 is 2.27 bits per heavy atom. The number of hydrogen-bond acceptors (Lipinski definition) is 3. The predicted octanol–water partition coefficient (Wildman–Crippen LogP) is 1.77. The standard InChI is InChI=1S/C11H14N4/c1-9-2-3-11(14-6-9)13-5-4-10-7-12-8-15-10/h2-3,6-8H,4-5H2,1H3,(H,12,15)(H,13,14). The molecule has 0 saturated heterocycles. The molecular weight excluding hydrogens is 188 g/mol. The van der Waals surface area contributed by atoms with Crippen molar-refractivity contribution in [3.63, 3.8) is 0 Å². The van der Waals surface area contributed by atoms with Gasteiger partial charge >= 0.3 is 0 Å². The largest absolute Gasteiger partial charge is 0.370 e. The van der Waals surface area contributed by atoms with Gasteiger partial charge in [-0.2, -0.15) is 0 Å². The lowest BCUT2D eigenvalue weighted by molar-refractivity contribution is 0.967. The molecule has 4 heteroatoms. The fourth-order valence-electron chi connectivity index (χ4n) is 1.32. The van der Waals surface area contributed by atoms with Crippen molar-refractivity contribution in [2.24, 2.45) is 0 Å². The molecule has 2 heterocycles. The molecule has 4 nitrogen and oxygen atoms in total. The van der Waals surface area contributed by atoms with Crippen molar-refractivity contribution in [3.8, 4) is 0 Å². The number of pyridine rings is 1. The summed E-state index contributed by atoms with van der Waals surface area (Å²) in [5.41, 5.74) is 2.31. The molecule has 15 heavy (non-hydrogen) atoms. The van der Waals surface area contributed by atoms with Crippen LogP contribution < -0.4 is 5.32 Å². The molecule has 78 valence electrons. The van der Waals surface area contributed by atoms with Crippen molar-refractivity contribution in [3.05, 3.63) is 42.1 Å². The summed E-state index contributed by atoms with van der Waals surface area (Å²) in [5, 5.41) is 3.25. The second-order valence-electron chi connectivity index (χ2n) is 3.47. The molecule has 0 atom stereocenters. The third-order valence-corrected chi connectivity index (χ3v) is 2.17. The topological polar surface area (TPSA) is 53.6 Å². The summed E-state index contributed by atoms with van der Waals surface area (Å²) in [6.07, 6.45) is 6.32. The Hall–Kier alpha value is -1.84. The summed E-state index contributed by atoms with van der Waals surface area (Å²) in [7, 11) is 0. The molecular formula is C11H14N4. The first kappa shape index (κ1) is 9.71. The van der Waals surface area contributed by atoms with Gasteiger partial charge in [0.15, 0.2) is 0 Å². The van der Waals surface area contributed by atoms with Crippen LogP contribution in [0.25, 0.3) is 0 Å². The number of aromatic amines is 1. The molecule has 0 radical (unpaired) electrons. The molecule has 0 unspecified atom stereocenters. The second kappa shape index (κ2) is 4.59. The van der Waals surface area contributed by atoms with Crippen LogP contribution in [-0.4, -0.2) is 21.5 Å². The number of imidazole rings is 1. The summed E-state index contributed by atoms with van der Waals surface area (Å²) < 4.78 is 0. The van der Waals surface area contributed by atoms with Crippen LogP contribution >= 0.6 is 0 Å². The number of hydrogen-bond donors (Lipinski definition) is 2. The van der Waals surface area contributed by atoms with Gasteiger partial charge in [0.25, 0.3) is 0 Å². The van der Waals surface area contributed by atoms with E-state index in [-0.39, 0.29) is 0 Å². The van der Waals surface area contributed by atoms with Crippen LogP contribution in [0.15, 0.2) is 30.9 Å². The van der Waals surface area contributed by atoms with Gasteiger partial charge in [0, 0.05) is 31.1 Å². The molecule has 2 aromatic rings. The average Bonchev–Trinajstić information content (AvgIpc) is 2.74. The molecule has 0 spiro atoms. The minimum atomic E-state index is 0.859. The van der Waals surface area contributed by atoms with Crippen LogP contribution in [0.3, 0.4) is 0 Å². The molecule has 0 fully saturated rings. The number of anilines is 1. The highest BCUT2D eigenvalue weighted by Crippen LogP contribution is 2.03. The fraction of sp³-hybridized carbons (Fsp3) is 0.273. The van der Waals surface area contributed by atoms with Crippen molar-refractivity contribution in [1.82, 2.24) is 15.0 Å². The van der Waals surface area contributed by atoms with Gasteiger partial charge in [-0.3, -0.25) is 0 Å². The van der Waals surface area contributed by atoms with E-state index in [0.29, 0.717) is 0 Å². The van der Waals surface area contributed by atoms with E-state index < -0.39 is 0 Å². The highest BCUT2D eigenvalue weighted by atomic mass is 15.0. The normalized spacial score (nSPS) is 10.2. The number of nitrogens with one attached hydrogen (secondary N) is 2. The number of aromatic nitrogens is 3. The SMILES string of the molecule is Cc1ccc(NCCc2cnc[nH]2)nc1. The third kappa shape index (κ3) is 2.80. The Morgan fingerprint density at radius 3 is 2.93 bits per heavy atom. The van der Waals surface area contributed by atoms with Gasteiger partial charge in [-0.05, 0) is 18.6 Å². The van der Waals surface area contributed by atoms with Crippen molar-refractivity contribution in [1.29, 1.82) is 0 Å². The van der Waals surface area contributed by atoms with Gasteiger partial charge in [-0.1, -0.05) is 6.07 Å². The first-order valence-electron chi connectivity index (χ1n) is 4.98. The molecule has 0 aliphatic carbocycles. The monoisotopic (exact) mass is 202 g/mol. The quantitative estimate of drug-likeness (QED) is 0.794. The van der Waals surface area contributed by atoms with E-state index in [1.54, 1.807) is 6.33 Å². The molecule has 2 N–H and O–H groups in total. The Kier molecular flexibility index (Phi) is 2.97. The summed E-state index contributed by atoms with van der Waals surface area (Å²) in [6, 6.07) is 4.04. The first-order valence-corrected chi connectivity index (χ1v) is 4.98. The summed E-state index contributed by atoms with van der Waals surface area (Å²) in [6.45, 7) is 2.89. The average molecular weight is 202 g/mol. The van der Waals surface area contributed by atoms with Crippen LogP contribution in [0.5, 0.6) is 0 Å². The predicted molar refractivity (Wildman–Crippen MR) is 59.8 cm³/mol. The van der Waals surface area contributed by atoms with Gasteiger partial charge in [0.1, 0.15) is 5.82 Å². The molecule has 0 saturated carbocycles. The van der Waals surface area contributed by atoms with Crippen LogP contribution in [0.1, 0.15) is 11.3 Å². The minimum absolute atomic E-state index is 0.859. The molecule has 0 aliphatic heterocycles. The highest BCUT2D eigenvalue weighted by molar-refractivity contribution is 5.35. The van der Waals surface area contributed by atoms with Crippen molar-refractivity contribution in [2.45, 2.75) is 13.3 Å². The molecule has 0 aliphatic rings. The third-order valence-electron chi connectivity index (χ3n) is 2.17. The summed E-state index contributed by atoms with van der Waals surface area (Å²) >= 11 is 0. The van der Waals surface area contributed by atoms with E-state index >= 15 is 0 Å². The number of nitrogens with zero attached hydrogens (tertiary/aromatic N) is 2. The fourth-order valence-corrected chi connectivity index (χ4v) is 1.32.